The third-order valence-electron chi connectivity index (χ3n) is 5.92. The van der Waals surface area contributed by atoms with Gasteiger partial charge in [0.2, 0.25) is 5.95 Å². The molecule has 1 atom stereocenters. The number of aromatic nitrogens is 2. The van der Waals surface area contributed by atoms with Crippen molar-refractivity contribution < 1.29 is 19.4 Å². The third-order valence-corrected chi connectivity index (χ3v) is 5.92. The highest BCUT2D eigenvalue weighted by Gasteiger charge is 2.34. The molecule has 0 unspecified atom stereocenters. The van der Waals surface area contributed by atoms with Crippen molar-refractivity contribution >= 4 is 28.8 Å². The lowest BCUT2D eigenvalue weighted by Gasteiger charge is -2.35. The zero-order valence-corrected chi connectivity index (χ0v) is 19.7. The molecule has 3 aromatic rings. The van der Waals surface area contributed by atoms with E-state index in [1.54, 1.807) is 27.0 Å². The number of hydrogen-bond donors (Lipinski definition) is 2. The van der Waals surface area contributed by atoms with Crippen molar-refractivity contribution in [3.63, 3.8) is 0 Å². The zero-order valence-electron chi connectivity index (χ0n) is 19.7. The van der Waals surface area contributed by atoms with Crippen LogP contribution in [0.15, 0.2) is 54.7 Å². The Kier molecular flexibility index (Phi) is 6.68. The number of carboxylic acid groups (broad SMARTS) is 1. The molecule has 0 bridgehead atoms. The minimum absolute atomic E-state index is 0.204. The van der Waals surface area contributed by atoms with Crippen LogP contribution in [-0.2, 0) is 9.53 Å². The van der Waals surface area contributed by atoms with E-state index >= 15 is 0 Å². The van der Waals surface area contributed by atoms with Gasteiger partial charge in [-0.25, -0.2) is 19.6 Å². The van der Waals surface area contributed by atoms with Gasteiger partial charge in [0.05, 0.1) is 5.69 Å². The van der Waals surface area contributed by atoms with Crippen LogP contribution in [0.3, 0.4) is 0 Å². The van der Waals surface area contributed by atoms with Gasteiger partial charge in [0.1, 0.15) is 11.6 Å². The fourth-order valence-electron chi connectivity index (χ4n) is 4.26. The summed E-state index contributed by atoms with van der Waals surface area (Å²) in [4.78, 5) is 35.3. The first-order valence-electron chi connectivity index (χ1n) is 11.5. The molecule has 8 nitrogen and oxygen atoms in total. The van der Waals surface area contributed by atoms with E-state index < -0.39 is 23.7 Å². The van der Waals surface area contributed by atoms with E-state index in [9.17, 15) is 14.7 Å². The van der Waals surface area contributed by atoms with Crippen LogP contribution in [0.25, 0.3) is 22.0 Å². The molecule has 2 N–H and O–H groups in total. The first kappa shape index (κ1) is 23.5. The second-order valence-corrected chi connectivity index (χ2v) is 9.59. The number of carbonyl (C=O) groups excluding carboxylic acids is 1. The van der Waals surface area contributed by atoms with Gasteiger partial charge in [0, 0.05) is 24.8 Å². The first-order valence-corrected chi connectivity index (χ1v) is 11.5. The Morgan fingerprint density at radius 2 is 1.79 bits per heavy atom. The van der Waals surface area contributed by atoms with Gasteiger partial charge >= 0.3 is 12.1 Å². The zero-order chi connectivity index (χ0) is 24.3. The van der Waals surface area contributed by atoms with Gasteiger partial charge in [0.25, 0.3) is 0 Å². The fraction of sp³-hybridized carbons (Fsp3) is 0.385. The maximum Gasteiger partial charge on any atom is 0.408 e. The Morgan fingerprint density at radius 3 is 2.47 bits per heavy atom. The van der Waals surface area contributed by atoms with Crippen LogP contribution in [0.2, 0.25) is 0 Å². The van der Waals surface area contributed by atoms with Gasteiger partial charge in [-0.05, 0) is 62.4 Å². The molecule has 0 spiro atoms. The topological polar surface area (TPSA) is 105 Å². The van der Waals surface area contributed by atoms with Gasteiger partial charge in [0.15, 0.2) is 0 Å². The van der Waals surface area contributed by atoms with Crippen molar-refractivity contribution in [2.24, 2.45) is 5.92 Å². The Balaban J connectivity index is 1.43. The molecule has 0 aliphatic carbocycles. The van der Waals surface area contributed by atoms with Crippen LogP contribution in [-0.4, -0.2) is 51.9 Å². The summed E-state index contributed by atoms with van der Waals surface area (Å²) < 4.78 is 5.24. The highest BCUT2D eigenvalue weighted by molar-refractivity contribution is 5.86. The number of amides is 1. The molecule has 2 aromatic carbocycles. The maximum absolute atomic E-state index is 12.1. The molecule has 178 valence electrons. The maximum atomic E-state index is 12.1. The predicted octanol–water partition coefficient (Wildman–Crippen LogP) is 4.49. The molecule has 8 heteroatoms. The van der Waals surface area contributed by atoms with E-state index in [0.717, 1.165) is 16.6 Å². The number of carboxylic acids is 1. The van der Waals surface area contributed by atoms with Crippen molar-refractivity contribution in [3.8, 4) is 11.3 Å². The summed E-state index contributed by atoms with van der Waals surface area (Å²) in [5, 5.41) is 14.5. The number of anilines is 1. The Morgan fingerprint density at radius 1 is 1.09 bits per heavy atom. The SMILES string of the molecule is CC(C)(C)OC(=O)N[C@@H](C(=O)O)C1CCN(c2nccc(-c3ccc4ccccc4c3)n2)CC1. The molecule has 1 amide bonds. The smallest absolute Gasteiger partial charge is 0.408 e. The molecule has 1 saturated heterocycles. The molecule has 1 aliphatic heterocycles. The van der Waals surface area contributed by atoms with E-state index in [1.807, 2.05) is 18.2 Å². The number of aliphatic carboxylic acids is 1. The normalized spacial score (nSPS) is 15.7. The summed E-state index contributed by atoms with van der Waals surface area (Å²) in [5.41, 5.74) is 1.17. The lowest BCUT2D eigenvalue weighted by molar-refractivity contribution is -0.141. The number of fused-ring (bicyclic) bond motifs is 1. The number of hydrogen-bond acceptors (Lipinski definition) is 6. The molecule has 0 radical (unpaired) electrons. The summed E-state index contributed by atoms with van der Waals surface area (Å²) in [6.07, 6.45) is 2.23. The first-order chi connectivity index (χ1) is 16.2. The largest absolute Gasteiger partial charge is 0.480 e. The Labute approximate surface area is 199 Å². The minimum atomic E-state index is -1.06. The molecule has 1 fully saturated rings. The monoisotopic (exact) mass is 462 g/mol. The van der Waals surface area contributed by atoms with Crippen LogP contribution >= 0.6 is 0 Å². The lowest BCUT2D eigenvalue weighted by atomic mass is 9.89. The van der Waals surface area contributed by atoms with Crippen LogP contribution in [0.5, 0.6) is 0 Å². The number of nitrogens with one attached hydrogen (secondary N) is 1. The molecular formula is C26H30N4O4. The average molecular weight is 463 g/mol. The summed E-state index contributed by atoms with van der Waals surface area (Å²) in [5.74, 6) is -0.639. The number of nitrogens with zero attached hydrogens (tertiary/aromatic N) is 3. The molecule has 2 heterocycles. The van der Waals surface area contributed by atoms with Crippen LogP contribution < -0.4 is 10.2 Å². The summed E-state index contributed by atoms with van der Waals surface area (Å²) >= 11 is 0. The van der Waals surface area contributed by atoms with E-state index in [2.05, 4.69) is 45.5 Å². The quantitative estimate of drug-likeness (QED) is 0.575. The van der Waals surface area contributed by atoms with E-state index in [4.69, 9.17) is 9.72 Å². The van der Waals surface area contributed by atoms with Crippen molar-refractivity contribution in [1.29, 1.82) is 0 Å². The van der Waals surface area contributed by atoms with Crippen LogP contribution in [0.4, 0.5) is 10.7 Å². The number of rotatable bonds is 5. The number of alkyl carbamates (subject to hydrolysis) is 1. The number of carbonyl (C=O) groups is 2. The van der Waals surface area contributed by atoms with E-state index in [1.165, 1.54) is 5.39 Å². The second kappa shape index (κ2) is 9.67. The minimum Gasteiger partial charge on any atom is -0.480 e. The van der Waals surface area contributed by atoms with Gasteiger partial charge in [-0.2, -0.15) is 0 Å². The number of ether oxygens (including phenoxy) is 1. The summed E-state index contributed by atoms with van der Waals surface area (Å²) in [7, 11) is 0. The van der Waals surface area contributed by atoms with Crippen molar-refractivity contribution in [1.82, 2.24) is 15.3 Å². The number of benzene rings is 2. The summed E-state index contributed by atoms with van der Waals surface area (Å²) in [6, 6.07) is 15.4. The Hall–Kier alpha value is -3.68. The fourth-order valence-corrected chi connectivity index (χ4v) is 4.26. The lowest BCUT2D eigenvalue weighted by Crippen LogP contribution is -2.50. The molecular weight excluding hydrogens is 432 g/mol. The molecule has 1 aliphatic rings. The average Bonchev–Trinajstić information content (AvgIpc) is 2.81. The van der Waals surface area contributed by atoms with Gasteiger partial charge < -0.3 is 20.1 Å². The molecule has 1 aromatic heterocycles. The van der Waals surface area contributed by atoms with Crippen molar-refractivity contribution in [2.45, 2.75) is 45.3 Å². The van der Waals surface area contributed by atoms with Crippen molar-refractivity contribution in [2.75, 3.05) is 18.0 Å². The predicted molar refractivity (Wildman–Crippen MR) is 131 cm³/mol. The number of piperidine rings is 1. The van der Waals surface area contributed by atoms with E-state index in [-0.39, 0.29) is 5.92 Å². The Bertz CT molecular complexity index is 1180. The van der Waals surface area contributed by atoms with Gasteiger partial charge in [-0.1, -0.05) is 36.4 Å². The standard InChI is InChI=1S/C26H30N4O4/c1-26(2,3)34-25(33)29-22(23(31)32)18-11-14-30(15-12-18)24-27-13-10-21(28-24)20-9-8-17-6-4-5-7-19(17)16-20/h4-10,13,16,18,22H,11-12,14-15H2,1-3H3,(H,29,33)(H,31,32)/t22-/m1/s1. The van der Waals surface area contributed by atoms with Crippen LogP contribution in [0, 0.1) is 5.92 Å². The summed E-state index contributed by atoms with van der Waals surface area (Å²) in [6.45, 7) is 6.43. The second-order valence-electron chi connectivity index (χ2n) is 9.59. The highest BCUT2D eigenvalue weighted by Crippen LogP contribution is 2.27. The third kappa shape index (κ3) is 5.62. The van der Waals surface area contributed by atoms with Gasteiger partial charge in [-0.3, -0.25) is 0 Å². The molecule has 4 rings (SSSR count). The van der Waals surface area contributed by atoms with Crippen molar-refractivity contribution in [3.05, 3.63) is 54.7 Å². The molecule has 34 heavy (non-hydrogen) atoms. The van der Waals surface area contributed by atoms with Gasteiger partial charge in [-0.15, -0.1) is 0 Å². The van der Waals surface area contributed by atoms with E-state index in [0.29, 0.717) is 31.9 Å². The molecule has 0 saturated carbocycles. The van der Waals surface area contributed by atoms with Crippen LogP contribution in [0.1, 0.15) is 33.6 Å². The highest BCUT2D eigenvalue weighted by atomic mass is 16.6.